The van der Waals surface area contributed by atoms with Crippen molar-refractivity contribution < 1.29 is 61.9 Å². The molecule has 7 aromatic rings. The van der Waals surface area contributed by atoms with Gasteiger partial charge in [-0.25, -0.2) is 24.4 Å². The molecule has 2 aliphatic rings. The molecular formula is C69H73N3O13S. The van der Waals surface area contributed by atoms with Crippen LogP contribution in [0, 0.1) is 11.8 Å². The Morgan fingerprint density at radius 2 is 1.19 bits per heavy atom. The Kier molecular flexibility index (Phi) is 23.0. The Labute approximate surface area is 505 Å². The molecule has 16 nitrogen and oxygen atoms in total. The van der Waals surface area contributed by atoms with Gasteiger partial charge in [0, 0.05) is 18.2 Å². The highest BCUT2D eigenvalue weighted by molar-refractivity contribution is 7.22. The maximum Gasteiger partial charge on any atom is 0.339 e. The molecule has 0 atom stereocenters. The van der Waals surface area contributed by atoms with Crippen LogP contribution in [0.1, 0.15) is 135 Å². The average molecular weight is 1180 g/mol. The number of ether oxygens (including phenoxy) is 7. The predicted molar refractivity (Wildman–Crippen MR) is 330 cm³/mol. The molecule has 0 aliphatic heterocycles. The number of unbranched alkanes of at least 4 members (excludes halogenated alkanes) is 6. The number of carbonyl (C=O) groups excluding carboxylic acids is 6. The summed E-state index contributed by atoms with van der Waals surface area (Å²) in [6, 6.07) is 42.4. The first kappa shape index (κ1) is 61.8. The summed E-state index contributed by atoms with van der Waals surface area (Å²) in [5.74, 6) is -1.86. The first-order valence-electron chi connectivity index (χ1n) is 29.9. The second kappa shape index (κ2) is 32.0. The van der Waals surface area contributed by atoms with Gasteiger partial charge in [-0.15, -0.1) is 0 Å². The zero-order valence-corrected chi connectivity index (χ0v) is 49.2. The van der Waals surface area contributed by atoms with Crippen molar-refractivity contribution in [2.24, 2.45) is 16.9 Å². The first-order valence-corrected chi connectivity index (χ1v) is 30.7. The van der Waals surface area contributed by atoms with E-state index in [-0.39, 0.29) is 41.7 Å². The third-order valence-electron chi connectivity index (χ3n) is 15.4. The van der Waals surface area contributed by atoms with Crippen LogP contribution in [0.4, 0.5) is 5.13 Å². The molecule has 448 valence electrons. The van der Waals surface area contributed by atoms with E-state index in [0.717, 1.165) is 77.6 Å². The van der Waals surface area contributed by atoms with Gasteiger partial charge in [-0.3, -0.25) is 14.4 Å². The van der Waals surface area contributed by atoms with E-state index in [1.165, 1.54) is 11.3 Å². The number of aromatic nitrogens is 1. The van der Waals surface area contributed by atoms with Crippen LogP contribution in [0.2, 0.25) is 0 Å². The summed E-state index contributed by atoms with van der Waals surface area (Å²) in [7, 11) is 0. The van der Waals surface area contributed by atoms with E-state index in [1.807, 2.05) is 89.9 Å². The minimum atomic E-state index is -0.577. The Morgan fingerprint density at radius 3 is 1.90 bits per heavy atom. The number of anilines is 1. The molecule has 2 aliphatic carbocycles. The van der Waals surface area contributed by atoms with Gasteiger partial charge < -0.3 is 33.2 Å². The number of para-hydroxylation sites is 2. The third kappa shape index (κ3) is 18.4. The summed E-state index contributed by atoms with van der Waals surface area (Å²) in [6.45, 7) is 5.08. The van der Waals surface area contributed by atoms with Crippen molar-refractivity contribution in [2.75, 3.05) is 31.4 Å². The third-order valence-corrected chi connectivity index (χ3v) is 16.4. The number of nitrogens with zero attached hydrogens (tertiary/aromatic N) is 3. The van der Waals surface area contributed by atoms with E-state index >= 15 is 0 Å². The average Bonchev–Trinajstić information content (AvgIpc) is 4.02. The monoisotopic (exact) mass is 1180 g/mol. The van der Waals surface area contributed by atoms with Crippen molar-refractivity contribution >= 4 is 79.5 Å². The molecule has 0 bridgehead atoms. The normalized spacial score (nSPS) is 16.7. The summed E-state index contributed by atoms with van der Waals surface area (Å²) in [4.78, 5) is 83.2. The lowest BCUT2D eigenvalue weighted by Crippen LogP contribution is -2.30. The van der Waals surface area contributed by atoms with E-state index in [2.05, 4.69) is 6.58 Å². The Bertz CT molecular complexity index is 3400. The van der Waals surface area contributed by atoms with Gasteiger partial charge in [0.1, 0.15) is 29.5 Å². The van der Waals surface area contributed by atoms with Gasteiger partial charge in [0.15, 0.2) is 0 Å². The van der Waals surface area contributed by atoms with Gasteiger partial charge in [-0.05, 0) is 179 Å². The number of hydrazone groups is 1. The van der Waals surface area contributed by atoms with E-state index in [4.69, 9.17) is 43.2 Å². The molecule has 6 aromatic carbocycles. The fourth-order valence-electron chi connectivity index (χ4n) is 10.6. The van der Waals surface area contributed by atoms with Gasteiger partial charge in [-0.1, -0.05) is 97.1 Å². The molecule has 0 saturated heterocycles. The molecule has 17 heteroatoms. The lowest BCUT2D eigenvalue weighted by atomic mass is 9.87. The summed E-state index contributed by atoms with van der Waals surface area (Å²) >= 11 is 1.50. The molecule has 2 saturated carbocycles. The number of hydrogen-bond donors (Lipinski definition) is 0. The molecule has 1 aromatic heterocycles. The lowest BCUT2D eigenvalue weighted by molar-refractivity contribution is -0.143. The molecule has 0 N–H and O–H groups in total. The van der Waals surface area contributed by atoms with Crippen molar-refractivity contribution in [2.45, 2.75) is 121 Å². The Balaban J connectivity index is 0.805. The number of thiazole rings is 1. The largest absolute Gasteiger partial charge is 0.494 e. The van der Waals surface area contributed by atoms with Crippen molar-refractivity contribution in [1.29, 1.82) is 0 Å². The van der Waals surface area contributed by atoms with E-state index in [9.17, 15) is 28.8 Å². The second-order valence-corrected chi connectivity index (χ2v) is 22.6. The molecule has 0 amide bonds. The molecule has 9 rings (SSSR count). The van der Waals surface area contributed by atoms with Gasteiger partial charge in [0.05, 0.1) is 65.6 Å². The number of hydrogen-bond acceptors (Lipinski definition) is 17. The van der Waals surface area contributed by atoms with Crippen molar-refractivity contribution in [3.63, 3.8) is 0 Å². The van der Waals surface area contributed by atoms with Crippen LogP contribution < -0.4 is 19.2 Å². The SMILES string of the molecule is C=CC(=O)OCCCCCCOc1ccc(C(=O)OC2CCC(C(=O)Oc3ccc(C(=O)OC4CCC(C(=O)Oc5ccccc5)CC4)c(/C=N/N(CCCCCCOC(=O)Cc4cccc5ccccc45)c4nc5ccccc5s4)c3)CC2)cc1. The van der Waals surface area contributed by atoms with Crippen molar-refractivity contribution in [3.05, 3.63) is 174 Å². The molecule has 0 radical (unpaired) electrons. The fourth-order valence-corrected chi connectivity index (χ4v) is 11.5. The Morgan fingerprint density at radius 1 is 0.581 bits per heavy atom. The molecular weight excluding hydrogens is 1110 g/mol. The van der Waals surface area contributed by atoms with E-state index in [1.54, 1.807) is 60.8 Å². The fraction of sp³-hybridized carbons (Fsp3) is 0.362. The first-order chi connectivity index (χ1) is 42.0. The van der Waals surface area contributed by atoms with Crippen molar-refractivity contribution in [1.82, 2.24) is 4.98 Å². The maximum atomic E-state index is 14.2. The molecule has 2 fully saturated rings. The summed E-state index contributed by atoms with van der Waals surface area (Å²) in [6.07, 6.45) is 12.4. The van der Waals surface area contributed by atoms with Gasteiger partial charge in [0.2, 0.25) is 5.13 Å². The van der Waals surface area contributed by atoms with E-state index in [0.29, 0.717) is 112 Å². The van der Waals surface area contributed by atoms with Crippen LogP contribution in [0.15, 0.2) is 157 Å². The van der Waals surface area contributed by atoms with E-state index < -0.39 is 35.9 Å². The van der Waals surface area contributed by atoms with Gasteiger partial charge in [0.25, 0.3) is 0 Å². The number of fused-ring (bicyclic) bond motifs is 2. The van der Waals surface area contributed by atoms with Crippen LogP contribution in [0.3, 0.4) is 0 Å². The quantitative estimate of drug-likeness (QED) is 0.00816. The van der Waals surface area contributed by atoms with Crippen LogP contribution in [0.25, 0.3) is 21.0 Å². The molecule has 0 unspecified atom stereocenters. The van der Waals surface area contributed by atoms with Gasteiger partial charge >= 0.3 is 35.8 Å². The highest BCUT2D eigenvalue weighted by atomic mass is 32.1. The summed E-state index contributed by atoms with van der Waals surface area (Å²) < 4.78 is 41.2. The topological polar surface area (TPSA) is 196 Å². The highest BCUT2D eigenvalue weighted by Gasteiger charge is 2.32. The molecule has 0 spiro atoms. The number of carbonyl (C=O) groups is 6. The van der Waals surface area contributed by atoms with Crippen LogP contribution in [-0.4, -0.2) is 85.6 Å². The minimum absolute atomic E-state index is 0.206. The summed E-state index contributed by atoms with van der Waals surface area (Å²) in [5.41, 5.74) is 2.75. The standard InChI is InChI=1S/C69H73N3O13S/c1-2-63(73)80-43-17-6-5-15-42-79-54-33-27-49(28-34-54)66(76)83-56-35-29-51(30-36-56)67(77)85-58-39-40-60(68(78)84-57-37-31-50(32-38-57)65(75)82-55-22-8-7-9-23-55)53(45-58)47-70-72(69-71-61-25-12-13-26-62(61)86-69)41-14-3-4-16-44-81-64(74)46-52-21-18-20-48-19-10-11-24-59(48)52/h2,7-13,18-28,33-34,39-40,45,47,50-51,56-57H,1,3-6,14-17,29-32,35-38,41-44,46H2/b70-47+. The number of benzene rings is 6. The smallest absolute Gasteiger partial charge is 0.339 e. The van der Waals surface area contributed by atoms with Crippen LogP contribution in [0.5, 0.6) is 17.2 Å². The van der Waals surface area contributed by atoms with Crippen molar-refractivity contribution in [3.8, 4) is 17.2 Å². The summed E-state index contributed by atoms with van der Waals surface area (Å²) in [5, 5.41) is 9.56. The minimum Gasteiger partial charge on any atom is -0.494 e. The number of esters is 6. The van der Waals surface area contributed by atoms with Crippen LogP contribution in [-0.2, 0) is 44.5 Å². The van der Waals surface area contributed by atoms with Crippen LogP contribution >= 0.6 is 11.3 Å². The number of rotatable bonds is 29. The Hall–Kier alpha value is -8.70. The molecule has 1 heterocycles. The second-order valence-electron chi connectivity index (χ2n) is 21.6. The van der Waals surface area contributed by atoms with Gasteiger partial charge in [-0.2, -0.15) is 5.10 Å². The lowest BCUT2D eigenvalue weighted by Gasteiger charge is -2.27. The zero-order valence-electron chi connectivity index (χ0n) is 48.4. The molecule has 86 heavy (non-hydrogen) atoms. The zero-order chi connectivity index (χ0) is 59.9. The maximum absolute atomic E-state index is 14.2. The highest BCUT2D eigenvalue weighted by Crippen LogP contribution is 2.33. The predicted octanol–water partition coefficient (Wildman–Crippen LogP) is 13.9.